The SMILES string of the molecule is COc1ccc(C2C=C(c3ccc(Cl)cc3)Nc3nc(NC(=O)c4ccco4)nn32)cc1. The van der Waals surface area contributed by atoms with E-state index in [0.29, 0.717) is 11.0 Å². The summed E-state index contributed by atoms with van der Waals surface area (Å²) in [7, 11) is 1.63. The van der Waals surface area contributed by atoms with E-state index in [1.807, 2.05) is 54.6 Å². The number of allylic oxidation sites excluding steroid dienone is 1. The summed E-state index contributed by atoms with van der Waals surface area (Å²) < 4.78 is 12.1. The highest BCUT2D eigenvalue weighted by atomic mass is 35.5. The first-order valence-corrected chi connectivity index (χ1v) is 10.2. The summed E-state index contributed by atoms with van der Waals surface area (Å²) in [5, 5.41) is 11.1. The van der Waals surface area contributed by atoms with E-state index >= 15 is 0 Å². The van der Waals surface area contributed by atoms with Gasteiger partial charge in [0.15, 0.2) is 5.76 Å². The lowest BCUT2D eigenvalue weighted by atomic mass is 10.0. The van der Waals surface area contributed by atoms with E-state index in [4.69, 9.17) is 20.8 Å². The molecule has 9 heteroatoms. The zero-order valence-corrected chi connectivity index (χ0v) is 17.7. The lowest BCUT2D eigenvalue weighted by molar-refractivity contribution is 0.0995. The van der Waals surface area contributed by atoms with Crippen molar-refractivity contribution in [1.82, 2.24) is 14.8 Å². The Labute approximate surface area is 188 Å². The predicted molar refractivity (Wildman–Crippen MR) is 121 cm³/mol. The lowest BCUT2D eigenvalue weighted by Gasteiger charge is -2.24. The number of furan rings is 1. The third-order valence-electron chi connectivity index (χ3n) is 5.05. The first-order valence-electron chi connectivity index (χ1n) is 9.81. The molecule has 2 N–H and O–H groups in total. The molecule has 0 aliphatic carbocycles. The van der Waals surface area contributed by atoms with Gasteiger partial charge in [-0.2, -0.15) is 4.98 Å². The van der Waals surface area contributed by atoms with Crippen molar-refractivity contribution in [1.29, 1.82) is 0 Å². The highest BCUT2D eigenvalue weighted by Gasteiger charge is 2.26. The van der Waals surface area contributed by atoms with Crippen LogP contribution in [0.5, 0.6) is 5.75 Å². The minimum atomic E-state index is -0.426. The van der Waals surface area contributed by atoms with Crippen LogP contribution >= 0.6 is 11.6 Å². The number of carbonyl (C=O) groups is 1. The zero-order valence-electron chi connectivity index (χ0n) is 16.9. The molecule has 32 heavy (non-hydrogen) atoms. The van der Waals surface area contributed by atoms with Gasteiger partial charge in [0.25, 0.3) is 11.9 Å². The van der Waals surface area contributed by atoms with Gasteiger partial charge in [-0.1, -0.05) is 35.9 Å². The number of methoxy groups -OCH3 is 1. The Bertz CT molecular complexity index is 1280. The molecule has 5 rings (SSSR count). The van der Waals surface area contributed by atoms with Crippen LogP contribution in [0.2, 0.25) is 5.02 Å². The van der Waals surface area contributed by atoms with Crippen molar-refractivity contribution in [3.8, 4) is 5.75 Å². The summed E-state index contributed by atoms with van der Waals surface area (Å²) in [5.74, 6) is 1.17. The average Bonchev–Trinajstić information content (AvgIpc) is 3.49. The van der Waals surface area contributed by atoms with Gasteiger partial charge in [-0.15, -0.1) is 5.10 Å². The molecule has 1 amide bonds. The maximum absolute atomic E-state index is 12.4. The molecule has 0 bridgehead atoms. The van der Waals surface area contributed by atoms with Crippen molar-refractivity contribution in [2.75, 3.05) is 17.7 Å². The maximum atomic E-state index is 12.4. The van der Waals surface area contributed by atoms with Gasteiger partial charge in [-0.25, -0.2) is 4.68 Å². The van der Waals surface area contributed by atoms with Crippen LogP contribution in [0.3, 0.4) is 0 Å². The lowest BCUT2D eigenvalue weighted by Crippen LogP contribution is -2.20. The Kier molecular flexibility index (Phi) is 5.12. The van der Waals surface area contributed by atoms with Crippen molar-refractivity contribution < 1.29 is 13.9 Å². The second kappa shape index (κ2) is 8.24. The predicted octanol–water partition coefficient (Wildman–Crippen LogP) is 4.84. The molecule has 0 saturated heterocycles. The third-order valence-corrected chi connectivity index (χ3v) is 5.30. The normalized spacial score (nSPS) is 14.8. The molecule has 2 aromatic heterocycles. The van der Waals surface area contributed by atoms with Gasteiger partial charge >= 0.3 is 0 Å². The number of amides is 1. The van der Waals surface area contributed by atoms with Crippen molar-refractivity contribution in [2.45, 2.75) is 6.04 Å². The molecule has 8 nitrogen and oxygen atoms in total. The molecule has 0 fully saturated rings. The third kappa shape index (κ3) is 3.83. The highest BCUT2D eigenvalue weighted by Crippen LogP contribution is 2.34. The van der Waals surface area contributed by atoms with Crippen LogP contribution in [-0.2, 0) is 0 Å². The fourth-order valence-corrected chi connectivity index (χ4v) is 3.58. The van der Waals surface area contributed by atoms with E-state index in [2.05, 4.69) is 20.7 Å². The summed E-state index contributed by atoms with van der Waals surface area (Å²) in [5.41, 5.74) is 2.78. The molecule has 1 aliphatic rings. The molecule has 1 unspecified atom stereocenters. The standard InChI is InChI=1S/C23H18ClN5O3/c1-31-17-10-6-15(7-11-17)19-13-18(14-4-8-16(24)9-5-14)25-23-27-22(28-29(19)23)26-21(30)20-3-2-12-32-20/h2-13,19H,1H3,(H2,25,26,27,28,30). The highest BCUT2D eigenvalue weighted by molar-refractivity contribution is 6.30. The van der Waals surface area contributed by atoms with Gasteiger partial charge in [0.05, 0.1) is 13.4 Å². The van der Waals surface area contributed by atoms with Gasteiger partial charge in [-0.05, 0) is 53.6 Å². The minimum Gasteiger partial charge on any atom is -0.497 e. The number of fused-ring (bicyclic) bond motifs is 1. The van der Waals surface area contributed by atoms with Crippen LogP contribution in [0.15, 0.2) is 77.4 Å². The molecule has 0 spiro atoms. The number of nitrogens with zero attached hydrogens (tertiary/aromatic N) is 3. The maximum Gasteiger partial charge on any atom is 0.293 e. The molecular formula is C23H18ClN5O3. The summed E-state index contributed by atoms with van der Waals surface area (Å²) in [6.07, 6.45) is 3.48. The smallest absolute Gasteiger partial charge is 0.293 e. The minimum absolute atomic E-state index is 0.165. The Morgan fingerprint density at radius 1 is 1.16 bits per heavy atom. The number of hydrogen-bond acceptors (Lipinski definition) is 6. The number of rotatable bonds is 5. The number of ether oxygens (including phenoxy) is 1. The monoisotopic (exact) mass is 447 g/mol. The van der Waals surface area contributed by atoms with E-state index in [0.717, 1.165) is 22.6 Å². The van der Waals surface area contributed by atoms with E-state index in [-0.39, 0.29) is 17.8 Å². The van der Waals surface area contributed by atoms with Gasteiger partial charge in [0.2, 0.25) is 5.95 Å². The molecule has 160 valence electrons. The first-order chi connectivity index (χ1) is 15.6. The Balaban J connectivity index is 1.52. The van der Waals surface area contributed by atoms with Crippen molar-refractivity contribution in [2.24, 2.45) is 0 Å². The Morgan fingerprint density at radius 3 is 2.62 bits per heavy atom. The Morgan fingerprint density at radius 2 is 1.94 bits per heavy atom. The summed E-state index contributed by atoms with van der Waals surface area (Å²) in [4.78, 5) is 16.9. The van der Waals surface area contributed by atoms with Gasteiger partial charge in [0.1, 0.15) is 11.8 Å². The second-order valence-electron chi connectivity index (χ2n) is 7.07. The number of aromatic nitrogens is 3. The molecular weight excluding hydrogens is 430 g/mol. The summed E-state index contributed by atoms with van der Waals surface area (Å²) in [6.45, 7) is 0. The number of anilines is 2. The van der Waals surface area contributed by atoms with Crippen LogP contribution in [0, 0.1) is 0 Å². The fraction of sp³-hybridized carbons (Fsp3) is 0.0870. The molecule has 1 atom stereocenters. The molecule has 3 heterocycles. The largest absolute Gasteiger partial charge is 0.497 e. The average molecular weight is 448 g/mol. The molecule has 0 saturated carbocycles. The zero-order chi connectivity index (χ0) is 22.1. The fourth-order valence-electron chi connectivity index (χ4n) is 3.45. The number of benzene rings is 2. The number of nitrogens with one attached hydrogen (secondary N) is 2. The van der Waals surface area contributed by atoms with Crippen LogP contribution < -0.4 is 15.4 Å². The first kappa shape index (κ1) is 19.9. The van der Waals surface area contributed by atoms with Crippen LogP contribution in [0.4, 0.5) is 11.9 Å². The van der Waals surface area contributed by atoms with E-state index in [1.165, 1.54) is 6.26 Å². The second-order valence-corrected chi connectivity index (χ2v) is 7.50. The quantitative estimate of drug-likeness (QED) is 0.454. The number of halogens is 1. The van der Waals surface area contributed by atoms with Crippen molar-refractivity contribution >= 4 is 35.1 Å². The Hall–Kier alpha value is -4.04. The summed E-state index contributed by atoms with van der Waals surface area (Å²) in [6, 6.07) is 18.2. The molecule has 0 radical (unpaired) electrons. The van der Waals surface area contributed by atoms with Crippen LogP contribution in [-0.4, -0.2) is 27.8 Å². The molecule has 2 aromatic carbocycles. The van der Waals surface area contributed by atoms with Crippen LogP contribution in [0.1, 0.15) is 27.7 Å². The van der Waals surface area contributed by atoms with E-state index in [1.54, 1.807) is 23.9 Å². The number of carbonyl (C=O) groups excluding carboxylic acids is 1. The van der Waals surface area contributed by atoms with Crippen molar-refractivity contribution in [3.63, 3.8) is 0 Å². The van der Waals surface area contributed by atoms with E-state index in [9.17, 15) is 4.79 Å². The van der Waals surface area contributed by atoms with Gasteiger partial charge in [-0.3, -0.25) is 10.1 Å². The topological polar surface area (TPSA) is 94.2 Å². The van der Waals surface area contributed by atoms with Gasteiger partial charge in [0, 0.05) is 10.7 Å². The number of hydrogen-bond donors (Lipinski definition) is 2. The van der Waals surface area contributed by atoms with Gasteiger partial charge < -0.3 is 14.5 Å². The molecule has 1 aliphatic heterocycles. The van der Waals surface area contributed by atoms with Crippen LogP contribution in [0.25, 0.3) is 5.70 Å². The summed E-state index contributed by atoms with van der Waals surface area (Å²) >= 11 is 6.05. The van der Waals surface area contributed by atoms with E-state index < -0.39 is 5.91 Å². The van der Waals surface area contributed by atoms with Crippen molar-refractivity contribution in [3.05, 3.63) is 94.9 Å². The molecule has 4 aromatic rings.